The second-order valence-corrected chi connectivity index (χ2v) is 9.48. The Morgan fingerprint density at radius 2 is 1.71 bits per heavy atom. The van der Waals surface area contributed by atoms with Crippen LogP contribution in [0, 0.1) is 13.8 Å². The Bertz CT molecular complexity index is 964. The molecule has 4 rings (SSSR count). The number of hydrogen-bond donors (Lipinski definition) is 0. The van der Waals surface area contributed by atoms with Crippen LogP contribution < -0.4 is 9.64 Å². The maximum Gasteiger partial charge on any atom is 0.243 e. The molecule has 8 heteroatoms. The van der Waals surface area contributed by atoms with Gasteiger partial charge in [0.05, 0.1) is 17.7 Å². The molecule has 1 aromatic heterocycles. The summed E-state index contributed by atoms with van der Waals surface area (Å²) in [4.78, 5) is 2.45. The molecule has 7 nitrogen and oxygen atoms in total. The van der Waals surface area contributed by atoms with E-state index in [1.165, 1.54) is 12.8 Å². The number of benzene rings is 1. The summed E-state index contributed by atoms with van der Waals surface area (Å²) in [6.07, 6.45) is 2.41. The minimum absolute atomic E-state index is 0.354. The van der Waals surface area contributed by atoms with Gasteiger partial charge in [0.1, 0.15) is 5.75 Å². The monoisotopic (exact) mass is 402 g/mol. The summed E-state index contributed by atoms with van der Waals surface area (Å²) in [6, 6.07) is 7.54. The topological polar surface area (TPSA) is 75.6 Å². The summed E-state index contributed by atoms with van der Waals surface area (Å²) < 4.78 is 33.2. The lowest BCUT2D eigenvalue weighted by Crippen LogP contribution is -2.49. The summed E-state index contributed by atoms with van der Waals surface area (Å²) in [6.45, 7) is 5.73. The summed E-state index contributed by atoms with van der Waals surface area (Å²) in [5.74, 6) is 2.10. The fourth-order valence-corrected chi connectivity index (χ4v) is 5.37. The molecule has 1 saturated heterocycles. The second-order valence-electron chi connectivity index (χ2n) is 7.57. The van der Waals surface area contributed by atoms with Gasteiger partial charge in [0.25, 0.3) is 0 Å². The molecule has 0 amide bonds. The first-order chi connectivity index (χ1) is 13.4. The first-order valence-corrected chi connectivity index (χ1v) is 11.1. The highest BCUT2D eigenvalue weighted by molar-refractivity contribution is 7.89. The van der Waals surface area contributed by atoms with Crippen LogP contribution in [-0.4, -0.2) is 56.2 Å². The molecule has 1 aliphatic carbocycles. The lowest BCUT2D eigenvalue weighted by atomic mass is 10.1. The fraction of sp³-hybridized carbons (Fsp3) is 0.500. The van der Waals surface area contributed by atoms with Crippen molar-refractivity contribution in [3.63, 3.8) is 0 Å². The van der Waals surface area contributed by atoms with Gasteiger partial charge in [-0.15, -0.1) is 5.10 Å². The van der Waals surface area contributed by atoms with E-state index in [2.05, 4.69) is 15.1 Å². The van der Waals surface area contributed by atoms with Crippen molar-refractivity contribution < 1.29 is 13.2 Å². The van der Waals surface area contributed by atoms with Crippen molar-refractivity contribution in [2.75, 3.05) is 38.2 Å². The van der Waals surface area contributed by atoms with E-state index in [1.807, 2.05) is 26.0 Å². The van der Waals surface area contributed by atoms with E-state index < -0.39 is 10.0 Å². The molecule has 1 saturated carbocycles. The summed E-state index contributed by atoms with van der Waals surface area (Å²) in [5, 5.41) is 8.68. The molecule has 150 valence electrons. The van der Waals surface area contributed by atoms with Gasteiger partial charge in [-0.1, -0.05) is 0 Å². The number of rotatable bonds is 5. The lowest BCUT2D eigenvalue weighted by Gasteiger charge is -2.34. The molecule has 2 aromatic rings. The highest BCUT2D eigenvalue weighted by Crippen LogP contribution is 2.38. The van der Waals surface area contributed by atoms with E-state index in [0.717, 1.165) is 17.1 Å². The summed E-state index contributed by atoms with van der Waals surface area (Å²) in [5.41, 5.74) is 2.58. The highest BCUT2D eigenvalue weighted by atomic mass is 32.2. The molecule has 0 unspecified atom stereocenters. The fourth-order valence-electron chi connectivity index (χ4n) is 3.66. The highest BCUT2D eigenvalue weighted by Gasteiger charge is 2.31. The number of ether oxygens (including phenoxy) is 1. The third-order valence-corrected chi connectivity index (χ3v) is 7.58. The number of sulfonamides is 1. The van der Waals surface area contributed by atoms with Gasteiger partial charge in [-0.25, -0.2) is 8.42 Å². The third kappa shape index (κ3) is 3.58. The van der Waals surface area contributed by atoms with Crippen molar-refractivity contribution in [1.29, 1.82) is 0 Å². The molecule has 0 radical (unpaired) electrons. The Morgan fingerprint density at radius 1 is 1.00 bits per heavy atom. The zero-order valence-electron chi connectivity index (χ0n) is 16.6. The minimum atomic E-state index is -3.54. The van der Waals surface area contributed by atoms with Crippen molar-refractivity contribution in [1.82, 2.24) is 14.5 Å². The Kier molecular flexibility index (Phi) is 5.01. The van der Waals surface area contributed by atoms with Crippen LogP contribution >= 0.6 is 0 Å². The standard InChI is InChI=1S/C20H26N4O3S/c1-14-13-19(15(2)12-18(14)27-3)28(25,26)24-10-8-23(9-11-24)20-7-6-17(21-22-20)16-4-5-16/h6-7,12-13,16H,4-5,8-11H2,1-3H3. The average molecular weight is 403 g/mol. The number of hydrogen-bond acceptors (Lipinski definition) is 6. The predicted octanol–water partition coefficient (Wildman–Crippen LogP) is 2.49. The van der Waals surface area contributed by atoms with E-state index in [1.54, 1.807) is 23.5 Å². The van der Waals surface area contributed by atoms with Gasteiger partial charge in [-0.2, -0.15) is 9.40 Å². The number of anilines is 1. The van der Waals surface area contributed by atoms with E-state index in [0.29, 0.717) is 48.3 Å². The van der Waals surface area contributed by atoms with Crippen LogP contribution in [0.15, 0.2) is 29.2 Å². The number of methoxy groups -OCH3 is 1. The number of aryl methyl sites for hydroxylation is 2. The SMILES string of the molecule is COc1cc(C)c(S(=O)(=O)N2CCN(c3ccc(C4CC4)nn3)CC2)cc1C. The van der Waals surface area contributed by atoms with Crippen LogP contribution in [0.25, 0.3) is 0 Å². The molecular formula is C20H26N4O3S. The lowest BCUT2D eigenvalue weighted by molar-refractivity contribution is 0.382. The van der Waals surface area contributed by atoms with Crippen LogP contribution in [0.2, 0.25) is 0 Å². The molecule has 28 heavy (non-hydrogen) atoms. The van der Waals surface area contributed by atoms with Gasteiger partial charge in [0.2, 0.25) is 10.0 Å². The second kappa shape index (κ2) is 7.33. The summed E-state index contributed by atoms with van der Waals surface area (Å²) in [7, 11) is -1.95. The molecule has 2 aliphatic rings. The quantitative estimate of drug-likeness (QED) is 0.765. The van der Waals surface area contributed by atoms with Gasteiger partial charge in [-0.3, -0.25) is 0 Å². The van der Waals surface area contributed by atoms with E-state index in [-0.39, 0.29) is 0 Å². The normalized spacial score (nSPS) is 18.3. The van der Waals surface area contributed by atoms with E-state index in [9.17, 15) is 8.42 Å². The predicted molar refractivity (Wildman–Crippen MR) is 107 cm³/mol. The van der Waals surface area contributed by atoms with Gasteiger partial charge in [0.15, 0.2) is 5.82 Å². The number of nitrogens with zero attached hydrogens (tertiary/aromatic N) is 4. The van der Waals surface area contributed by atoms with Gasteiger partial charge >= 0.3 is 0 Å². The Hall–Kier alpha value is -2.19. The van der Waals surface area contributed by atoms with Crippen LogP contribution in [-0.2, 0) is 10.0 Å². The third-order valence-electron chi connectivity index (χ3n) is 5.54. The van der Waals surface area contributed by atoms with Crippen LogP contribution in [0.3, 0.4) is 0 Å². The van der Waals surface area contributed by atoms with Crippen molar-refractivity contribution in [2.24, 2.45) is 0 Å². The van der Waals surface area contributed by atoms with Crippen LogP contribution in [0.1, 0.15) is 35.6 Å². The van der Waals surface area contributed by atoms with Gasteiger partial charge < -0.3 is 9.64 Å². The van der Waals surface area contributed by atoms with Crippen molar-refractivity contribution in [2.45, 2.75) is 37.5 Å². The van der Waals surface area contributed by atoms with Gasteiger partial charge in [0, 0.05) is 32.1 Å². The van der Waals surface area contributed by atoms with E-state index in [4.69, 9.17) is 4.74 Å². The Balaban J connectivity index is 1.47. The molecule has 1 aliphatic heterocycles. The molecule has 0 bridgehead atoms. The Labute approximate surface area is 166 Å². The minimum Gasteiger partial charge on any atom is -0.496 e. The van der Waals surface area contributed by atoms with Crippen molar-refractivity contribution >= 4 is 15.8 Å². The summed E-state index contributed by atoms with van der Waals surface area (Å²) >= 11 is 0. The molecule has 0 atom stereocenters. The smallest absolute Gasteiger partial charge is 0.243 e. The maximum absolute atomic E-state index is 13.2. The maximum atomic E-state index is 13.2. The number of aromatic nitrogens is 2. The molecule has 2 fully saturated rings. The average Bonchev–Trinajstić information content (AvgIpc) is 3.55. The molecule has 2 heterocycles. The Morgan fingerprint density at radius 3 is 2.29 bits per heavy atom. The van der Waals surface area contributed by atoms with Crippen molar-refractivity contribution in [3.8, 4) is 5.75 Å². The first kappa shape index (κ1) is 19.1. The van der Waals surface area contributed by atoms with Crippen LogP contribution in [0.5, 0.6) is 5.75 Å². The molecular weight excluding hydrogens is 376 g/mol. The van der Waals surface area contributed by atoms with Crippen LogP contribution in [0.4, 0.5) is 5.82 Å². The largest absolute Gasteiger partial charge is 0.496 e. The molecule has 1 aromatic carbocycles. The van der Waals surface area contributed by atoms with Gasteiger partial charge in [-0.05, 0) is 62.1 Å². The first-order valence-electron chi connectivity index (χ1n) is 9.64. The van der Waals surface area contributed by atoms with Crippen molar-refractivity contribution in [3.05, 3.63) is 41.1 Å². The van der Waals surface area contributed by atoms with E-state index >= 15 is 0 Å². The zero-order chi connectivity index (χ0) is 19.9. The molecule has 0 spiro atoms. The molecule has 0 N–H and O–H groups in total. The zero-order valence-corrected chi connectivity index (χ0v) is 17.4. The number of piperazine rings is 1.